The zero-order valence-corrected chi connectivity index (χ0v) is 22.2. The third-order valence-electron chi connectivity index (χ3n) is 9.12. The van der Waals surface area contributed by atoms with Crippen molar-refractivity contribution >= 4 is 11.8 Å². The fourth-order valence-corrected chi connectivity index (χ4v) is 6.57. The molecule has 0 spiro atoms. The van der Waals surface area contributed by atoms with E-state index in [0.717, 1.165) is 31.6 Å². The molecule has 2 amide bonds. The second-order valence-electron chi connectivity index (χ2n) is 11.7. The second-order valence-corrected chi connectivity index (χ2v) is 11.7. The molecule has 1 aromatic carbocycles. The van der Waals surface area contributed by atoms with Gasteiger partial charge in [0.15, 0.2) is 0 Å². The lowest BCUT2D eigenvalue weighted by atomic mass is 9.70. The summed E-state index contributed by atoms with van der Waals surface area (Å²) in [7, 11) is 0. The maximum atomic E-state index is 13.6. The summed E-state index contributed by atoms with van der Waals surface area (Å²) in [5, 5.41) is 0. The van der Waals surface area contributed by atoms with Crippen LogP contribution in [0.4, 0.5) is 13.2 Å². The standard InChI is InChI=1S/C29H32F3N5O2/c1-19-24(20(2)34-18-33-19)25(38)36-14-21-12-35(13-22(21)15-36)11-10-27(23-6-4-3-5-7-23)16-37(17-27)26(39)28(8-9-28)29(30,31)32/h3-7,14,18,22H,8-13,15-17H2,1-2H3. The van der Waals surface area contributed by atoms with Crippen molar-refractivity contribution < 1.29 is 22.8 Å². The first-order valence-corrected chi connectivity index (χ1v) is 13.5. The van der Waals surface area contributed by atoms with Crippen LogP contribution in [0.2, 0.25) is 0 Å². The van der Waals surface area contributed by atoms with Crippen LogP contribution < -0.4 is 0 Å². The van der Waals surface area contributed by atoms with Gasteiger partial charge in [0.1, 0.15) is 11.7 Å². The lowest BCUT2D eigenvalue weighted by molar-refractivity contribution is -0.202. The molecule has 7 nitrogen and oxygen atoms in total. The number of alkyl halides is 3. The van der Waals surface area contributed by atoms with Crippen molar-refractivity contribution in [2.24, 2.45) is 11.3 Å². The van der Waals surface area contributed by atoms with Crippen LogP contribution in [0.5, 0.6) is 0 Å². The second kappa shape index (κ2) is 9.15. The molecule has 1 atom stereocenters. The highest BCUT2D eigenvalue weighted by atomic mass is 19.4. The molecule has 1 aliphatic carbocycles. The van der Waals surface area contributed by atoms with Crippen molar-refractivity contribution in [2.45, 2.75) is 44.7 Å². The van der Waals surface area contributed by atoms with Crippen LogP contribution in [-0.2, 0) is 10.2 Å². The maximum absolute atomic E-state index is 13.6. The predicted molar refractivity (Wildman–Crippen MR) is 138 cm³/mol. The van der Waals surface area contributed by atoms with Crippen molar-refractivity contribution in [2.75, 3.05) is 39.3 Å². The number of halogens is 3. The number of rotatable bonds is 6. The summed E-state index contributed by atoms with van der Waals surface area (Å²) >= 11 is 0. The molecular formula is C29H32F3N5O2. The van der Waals surface area contributed by atoms with Crippen LogP contribution in [0, 0.1) is 25.2 Å². The third-order valence-corrected chi connectivity index (χ3v) is 9.12. The Kier molecular flexibility index (Phi) is 6.09. The number of benzene rings is 1. The van der Waals surface area contributed by atoms with Gasteiger partial charge in [-0.25, -0.2) is 9.97 Å². The van der Waals surface area contributed by atoms with E-state index >= 15 is 0 Å². The molecule has 0 radical (unpaired) electrons. The van der Waals surface area contributed by atoms with Crippen LogP contribution in [0.25, 0.3) is 0 Å². The fraction of sp³-hybridized carbons (Fsp3) is 0.517. The van der Waals surface area contributed by atoms with Gasteiger partial charge in [0.2, 0.25) is 5.91 Å². The largest absolute Gasteiger partial charge is 0.403 e. The number of carbonyl (C=O) groups is 2. The van der Waals surface area contributed by atoms with Gasteiger partial charge >= 0.3 is 6.18 Å². The average Bonchev–Trinajstić information content (AvgIpc) is 3.48. The maximum Gasteiger partial charge on any atom is 0.403 e. The Bertz CT molecular complexity index is 1310. The SMILES string of the molecule is Cc1ncnc(C)c1C(=O)N1C=C2CN(CCC3(c4ccccc4)CN(C(=O)C4(C(F)(F)F)CC4)C3)CC2C1. The summed E-state index contributed by atoms with van der Waals surface area (Å²) in [5.41, 5.74) is 1.67. The van der Waals surface area contributed by atoms with E-state index in [1.165, 1.54) is 16.8 Å². The van der Waals surface area contributed by atoms with E-state index in [-0.39, 0.29) is 30.1 Å². The Balaban J connectivity index is 1.11. The van der Waals surface area contributed by atoms with E-state index in [0.29, 0.717) is 36.6 Å². The zero-order valence-electron chi connectivity index (χ0n) is 22.2. The van der Waals surface area contributed by atoms with E-state index in [4.69, 9.17) is 0 Å². The molecule has 206 valence electrons. The summed E-state index contributed by atoms with van der Waals surface area (Å²) in [4.78, 5) is 39.9. The number of nitrogens with zero attached hydrogens (tertiary/aromatic N) is 5. The minimum atomic E-state index is -4.49. The van der Waals surface area contributed by atoms with Crippen molar-refractivity contribution in [1.82, 2.24) is 24.7 Å². The number of amides is 2. The number of likely N-dealkylation sites (tertiary alicyclic amines) is 2. The monoisotopic (exact) mass is 539 g/mol. The number of aryl methyl sites for hydroxylation is 2. The Morgan fingerprint density at radius 3 is 2.28 bits per heavy atom. The zero-order chi connectivity index (χ0) is 27.6. The van der Waals surface area contributed by atoms with Crippen molar-refractivity contribution in [1.29, 1.82) is 0 Å². The summed E-state index contributed by atoms with van der Waals surface area (Å²) < 4.78 is 40.7. The highest BCUT2D eigenvalue weighted by Crippen LogP contribution is 2.59. The van der Waals surface area contributed by atoms with Crippen LogP contribution in [0.3, 0.4) is 0 Å². The molecule has 0 bridgehead atoms. The van der Waals surface area contributed by atoms with Crippen LogP contribution in [0.1, 0.15) is 46.6 Å². The number of carbonyl (C=O) groups excluding carboxylic acids is 2. The summed E-state index contributed by atoms with van der Waals surface area (Å²) in [5.74, 6) is -0.581. The predicted octanol–water partition coefficient (Wildman–Crippen LogP) is 3.88. The highest BCUT2D eigenvalue weighted by molar-refractivity contribution is 5.97. The molecule has 6 rings (SSSR count). The number of fused-ring (bicyclic) bond motifs is 1. The van der Waals surface area contributed by atoms with Gasteiger partial charge < -0.3 is 9.80 Å². The first-order valence-electron chi connectivity index (χ1n) is 13.5. The smallest absolute Gasteiger partial charge is 0.340 e. The van der Waals surface area contributed by atoms with Crippen molar-refractivity contribution in [3.63, 3.8) is 0 Å². The fourth-order valence-electron chi connectivity index (χ4n) is 6.57. The van der Waals surface area contributed by atoms with E-state index in [1.54, 1.807) is 4.90 Å². The molecule has 1 saturated carbocycles. The lowest BCUT2D eigenvalue weighted by Gasteiger charge is -2.52. The minimum Gasteiger partial charge on any atom is -0.340 e. The normalized spacial score (nSPS) is 23.3. The Labute approximate surface area is 225 Å². The Morgan fingerprint density at radius 1 is 1.03 bits per heavy atom. The minimum absolute atomic E-state index is 0.0754. The van der Waals surface area contributed by atoms with Gasteiger partial charge in [0.05, 0.1) is 17.0 Å². The molecule has 0 N–H and O–H groups in total. The average molecular weight is 540 g/mol. The van der Waals surface area contributed by atoms with Gasteiger partial charge in [-0.3, -0.25) is 14.5 Å². The van der Waals surface area contributed by atoms with E-state index in [9.17, 15) is 22.8 Å². The van der Waals surface area contributed by atoms with E-state index < -0.39 is 17.5 Å². The van der Waals surface area contributed by atoms with Gasteiger partial charge in [-0.1, -0.05) is 30.3 Å². The molecule has 39 heavy (non-hydrogen) atoms. The van der Waals surface area contributed by atoms with E-state index in [1.807, 2.05) is 50.4 Å². The van der Waals surface area contributed by atoms with Gasteiger partial charge in [-0.05, 0) is 50.8 Å². The molecule has 3 fully saturated rings. The van der Waals surface area contributed by atoms with Crippen LogP contribution in [-0.4, -0.2) is 81.9 Å². The molecule has 3 aliphatic heterocycles. The van der Waals surface area contributed by atoms with Gasteiger partial charge in [0.25, 0.3) is 5.91 Å². The Morgan fingerprint density at radius 2 is 1.69 bits per heavy atom. The van der Waals surface area contributed by atoms with Crippen molar-refractivity contribution in [3.05, 3.63) is 70.9 Å². The molecule has 4 aliphatic rings. The Hall–Kier alpha value is -3.27. The lowest BCUT2D eigenvalue weighted by Crippen LogP contribution is -2.64. The summed E-state index contributed by atoms with van der Waals surface area (Å²) in [6.45, 7) is 7.23. The van der Waals surface area contributed by atoms with Gasteiger partial charge in [0, 0.05) is 50.3 Å². The molecule has 4 heterocycles. The van der Waals surface area contributed by atoms with Crippen molar-refractivity contribution in [3.8, 4) is 0 Å². The highest BCUT2D eigenvalue weighted by Gasteiger charge is 2.70. The molecular weight excluding hydrogens is 507 g/mol. The summed E-state index contributed by atoms with van der Waals surface area (Å²) in [6, 6.07) is 9.84. The molecule has 2 saturated heterocycles. The van der Waals surface area contributed by atoms with E-state index in [2.05, 4.69) is 14.9 Å². The molecule has 1 unspecified atom stereocenters. The van der Waals surface area contributed by atoms with Gasteiger partial charge in [-0.15, -0.1) is 0 Å². The topological polar surface area (TPSA) is 69.6 Å². The molecule has 10 heteroatoms. The number of aromatic nitrogens is 2. The molecule has 1 aromatic heterocycles. The molecule has 2 aromatic rings. The first-order chi connectivity index (χ1) is 18.5. The first kappa shape index (κ1) is 26.0. The van der Waals surface area contributed by atoms with Crippen LogP contribution in [0.15, 0.2) is 48.4 Å². The van der Waals surface area contributed by atoms with Gasteiger partial charge in [-0.2, -0.15) is 13.2 Å². The van der Waals surface area contributed by atoms with Crippen LogP contribution >= 0.6 is 0 Å². The number of hydrogen-bond donors (Lipinski definition) is 0. The quantitative estimate of drug-likeness (QED) is 0.558. The summed E-state index contributed by atoms with van der Waals surface area (Å²) in [6.07, 6.45) is -0.522. The third kappa shape index (κ3) is 4.33. The number of hydrogen-bond acceptors (Lipinski definition) is 5.